The van der Waals surface area contributed by atoms with E-state index in [1.807, 2.05) is 24.3 Å². The van der Waals surface area contributed by atoms with E-state index in [1.54, 1.807) is 25.0 Å². The van der Waals surface area contributed by atoms with E-state index >= 15 is 0 Å². The predicted octanol–water partition coefficient (Wildman–Crippen LogP) is 2.92. The molecule has 2 aliphatic rings. The number of para-hydroxylation sites is 1. The number of carboxylic acid groups (broad SMARTS) is 1. The van der Waals surface area contributed by atoms with Gasteiger partial charge in [0.15, 0.2) is 0 Å². The largest absolute Gasteiger partial charge is 0.481 e. The highest BCUT2D eigenvalue weighted by atomic mass is 32.2. The first kappa shape index (κ1) is 26.1. The van der Waals surface area contributed by atoms with Gasteiger partial charge < -0.3 is 24.4 Å². The van der Waals surface area contributed by atoms with Crippen LogP contribution in [0.3, 0.4) is 0 Å². The van der Waals surface area contributed by atoms with Crippen molar-refractivity contribution in [3.8, 4) is 0 Å². The van der Waals surface area contributed by atoms with Gasteiger partial charge in [-0.15, -0.1) is 0 Å². The summed E-state index contributed by atoms with van der Waals surface area (Å²) in [4.78, 5) is 45.3. The average molecular weight is 536 g/mol. The molecular weight excluding hydrogens is 502 g/mol. The first-order valence-electron chi connectivity index (χ1n) is 12.9. The number of aliphatic carboxylic acids is 1. The molecule has 0 aliphatic carbocycles. The third-order valence-electron chi connectivity index (χ3n) is 7.26. The lowest BCUT2D eigenvalue weighted by Crippen LogP contribution is -2.42. The van der Waals surface area contributed by atoms with Crippen molar-refractivity contribution >= 4 is 34.8 Å². The molecule has 3 heterocycles. The number of carbonyl (C=O) groups is 1. The zero-order chi connectivity index (χ0) is 26.8. The molecule has 9 nitrogen and oxygen atoms in total. The van der Waals surface area contributed by atoms with Gasteiger partial charge in [-0.3, -0.25) is 14.2 Å². The molecule has 5 rings (SSSR count). The van der Waals surface area contributed by atoms with Crippen molar-refractivity contribution in [1.82, 2.24) is 14.0 Å². The average Bonchev–Trinajstić information content (AvgIpc) is 3.14. The Balaban J connectivity index is 1.27. The van der Waals surface area contributed by atoms with E-state index in [2.05, 4.69) is 32.9 Å². The zero-order valence-corrected chi connectivity index (χ0v) is 22.6. The minimum atomic E-state index is -0.828. The summed E-state index contributed by atoms with van der Waals surface area (Å²) in [6, 6.07) is 14.3. The lowest BCUT2D eigenvalue weighted by atomic mass is 10.1. The second-order valence-corrected chi connectivity index (χ2v) is 11.0. The highest BCUT2D eigenvalue weighted by Gasteiger charge is 2.24. The van der Waals surface area contributed by atoms with Gasteiger partial charge in [0.1, 0.15) is 5.69 Å². The first-order valence-corrected chi connectivity index (χ1v) is 13.8. The standard InChI is InChI=1S/C28H33N5O4S/c1-29-19-23(27(36)30(2)28(29)37)32-13-5-11-31(15-16-32)12-6-14-33-21-7-3-4-8-24(21)38-25-10-9-20(17-22(25)33)18-26(34)35/h3-4,7-10,17,19H,5-6,11-16,18H2,1-2H3,(H,34,35). The Morgan fingerprint density at radius 2 is 1.71 bits per heavy atom. The number of rotatable bonds is 7. The van der Waals surface area contributed by atoms with E-state index in [0.29, 0.717) is 5.69 Å². The maximum Gasteiger partial charge on any atom is 0.330 e. The smallest absolute Gasteiger partial charge is 0.330 e. The molecule has 0 bridgehead atoms. The molecular formula is C28H33N5O4S. The minimum Gasteiger partial charge on any atom is -0.481 e. The highest BCUT2D eigenvalue weighted by molar-refractivity contribution is 7.99. The van der Waals surface area contributed by atoms with Crippen LogP contribution in [0.5, 0.6) is 0 Å². The van der Waals surface area contributed by atoms with Crippen LogP contribution in [0.25, 0.3) is 0 Å². The molecule has 0 unspecified atom stereocenters. The number of carboxylic acids is 1. The maximum atomic E-state index is 12.7. The third-order valence-corrected chi connectivity index (χ3v) is 8.39. The van der Waals surface area contributed by atoms with Gasteiger partial charge >= 0.3 is 11.7 Å². The summed E-state index contributed by atoms with van der Waals surface area (Å²) in [5.41, 5.74) is 3.05. The van der Waals surface area contributed by atoms with Crippen molar-refractivity contribution in [2.24, 2.45) is 14.1 Å². The zero-order valence-electron chi connectivity index (χ0n) is 21.8. The lowest BCUT2D eigenvalue weighted by Gasteiger charge is -2.34. The number of nitrogens with zero attached hydrogens (tertiary/aromatic N) is 5. The van der Waals surface area contributed by atoms with Crippen molar-refractivity contribution in [1.29, 1.82) is 0 Å². The second-order valence-electron chi connectivity index (χ2n) is 9.90. The number of hydrogen-bond acceptors (Lipinski definition) is 7. The predicted molar refractivity (Wildman–Crippen MR) is 150 cm³/mol. The molecule has 1 N–H and O–H groups in total. The molecule has 0 amide bonds. The number of aromatic nitrogens is 2. The Morgan fingerprint density at radius 1 is 0.921 bits per heavy atom. The summed E-state index contributed by atoms with van der Waals surface area (Å²) >= 11 is 1.73. The van der Waals surface area contributed by atoms with Crippen molar-refractivity contribution in [3.05, 3.63) is 75.1 Å². The number of anilines is 3. The molecule has 0 atom stereocenters. The molecule has 10 heteroatoms. The lowest BCUT2D eigenvalue weighted by molar-refractivity contribution is -0.136. The second kappa shape index (κ2) is 11.1. The summed E-state index contributed by atoms with van der Waals surface area (Å²) in [6.45, 7) is 5.06. The highest BCUT2D eigenvalue weighted by Crippen LogP contribution is 2.48. The normalized spacial score (nSPS) is 15.6. The molecule has 2 aromatic carbocycles. The van der Waals surface area contributed by atoms with Crippen LogP contribution >= 0.6 is 11.8 Å². The van der Waals surface area contributed by atoms with Crippen LogP contribution < -0.4 is 21.0 Å². The molecule has 1 saturated heterocycles. The van der Waals surface area contributed by atoms with Crippen molar-refractivity contribution < 1.29 is 9.90 Å². The van der Waals surface area contributed by atoms with Gasteiger partial charge in [0.05, 0.1) is 17.8 Å². The van der Waals surface area contributed by atoms with E-state index in [0.717, 1.165) is 73.9 Å². The fourth-order valence-electron chi connectivity index (χ4n) is 5.29. The minimum absolute atomic E-state index is 0.0103. The monoisotopic (exact) mass is 535 g/mol. The molecule has 0 saturated carbocycles. The van der Waals surface area contributed by atoms with Crippen molar-refractivity contribution in [2.45, 2.75) is 29.1 Å². The van der Waals surface area contributed by atoms with Gasteiger partial charge in [-0.25, -0.2) is 4.79 Å². The van der Waals surface area contributed by atoms with Crippen molar-refractivity contribution in [3.63, 3.8) is 0 Å². The fourth-order valence-corrected chi connectivity index (χ4v) is 6.37. The molecule has 3 aromatic rings. The van der Waals surface area contributed by atoms with Crippen LogP contribution in [-0.4, -0.2) is 64.4 Å². The van der Waals surface area contributed by atoms with Crippen LogP contribution in [0.15, 0.2) is 68.0 Å². The third kappa shape index (κ3) is 5.37. The molecule has 2 aliphatic heterocycles. The number of aryl methyl sites for hydroxylation is 1. The summed E-state index contributed by atoms with van der Waals surface area (Å²) in [6.07, 6.45) is 3.55. The van der Waals surface area contributed by atoms with Gasteiger partial charge in [-0.1, -0.05) is 30.0 Å². The Kier molecular flexibility index (Phi) is 7.62. The topological polar surface area (TPSA) is 91.0 Å². The number of hydrogen-bond donors (Lipinski definition) is 1. The summed E-state index contributed by atoms with van der Waals surface area (Å²) < 4.78 is 2.64. The van der Waals surface area contributed by atoms with Gasteiger partial charge in [0.2, 0.25) is 0 Å². The molecule has 0 spiro atoms. The molecule has 200 valence electrons. The maximum absolute atomic E-state index is 12.7. The van der Waals surface area contributed by atoms with Crippen LogP contribution in [0.4, 0.5) is 17.1 Å². The summed E-state index contributed by atoms with van der Waals surface area (Å²) in [7, 11) is 3.20. The van der Waals surface area contributed by atoms with Crippen molar-refractivity contribution in [2.75, 3.05) is 49.1 Å². The van der Waals surface area contributed by atoms with E-state index in [-0.39, 0.29) is 17.7 Å². The van der Waals surface area contributed by atoms with Gasteiger partial charge in [0, 0.05) is 56.3 Å². The first-order chi connectivity index (χ1) is 18.3. The van der Waals surface area contributed by atoms with Crippen LogP contribution in [0.1, 0.15) is 18.4 Å². The SMILES string of the molecule is Cn1cc(N2CCCN(CCCN3c4ccccc4Sc4ccc(CC(=O)O)cc43)CC2)c(=O)n(C)c1=O. The Morgan fingerprint density at radius 3 is 2.53 bits per heavy atom. The fraction of sp³-hybridized carbons (Fsp3) is 0.393. The van der Waals surface area contributed by atoms with Gasteiger partial charge in [-0.2, -0.15) is 0 Å². The van der Waals surface area contributed by atoms with E-state index in [4.69, 9.17) is 0 Å². The Labute approximate surface area is 225 Å². The van der Waals surface area contributed by atoms with E-state index < -0.39 is 5.97 Å². The van der Waals surface area contributed by atoms with E-state index in [1.165, 1.54) is 21.1 Å². The van der Waals surface area contributed by atoms with Crippen LogP contribution in [0, 0.1) is 0 Å². The quantitative estimate of drug-likeness (QED) is 0.494. The van der Waals surface area contributed by atoms with Gasteiger partial charge in [0.25, 0.3) is 5.56 Å². The number of fused-ring (bicyclic) bond motifs is 2. The Bertz CT molecular complexity index is 1470. The van der Waals surface area contributed by atoms with Crippen LogP contribution in [0.2, 0.25) is 0 Å². The Hall–Kier alpha value is -3.50. The number of benzene rings is 2. The molecule has 38 heavy (non-hydrogen) atoms. The summed E-state index contributed by atoms with van der Waals surface area (Å²) in [5.74, 6) is -0.828. The molecule has 0 radical (unpaired) electrons. The molecule has 1 aromatic heterocycles. The molecule has 1 fully saturated rings. The summed E-state index contributed by atoms with van der Waals surface area (Å²) in [5, 5.41) is 9.29. The van der Waals surface area contributed by atoms with Gasteiger partial charge in [-0.05, 0) is 55.8 Å². The van der Waals surface area contributed by atoms with E-state index in [9.17, 15) is 19.5 Å². The van der Waals surface area contributed by atoms with Crippen LogP contribution in [-0.2, 0) is 25.3 Å².